The maximum atomic E-state index is 12.0. The fourth-order valence-electron chi connectivity index (χ4n) is 1.21. The monoisotopic (exact) mass is 299 g/mol. The lowest BCUT2D eigenvalue weighted by molar-refractivity contribution is 0.603. The van der Waals surface area contributed by atoms with Gasteiger partial charge in [0.1, 0.15) is 15.2 Å². The third-order valence-corrected chi connectivity index (χ3v) is 6.14. The third kappa shape index (κ3) is 2.53. The highest BCUT2D eigenvalue weighted by Crippen LogP contribution is 2.26. The van der Waals surface area contributed by atoms with Gasteiger partial charge in [-0.05, 0) is 26.0 Å². The van der Waals surface area contributed by atoms with Gasteiger partial charge in [0.05, 0.1) is 5.69 Å². The van der Waals surface area contributed by atoms with Crippen molar-refractivity contribution in [3.8, 4) is 6.07 Å². The Morgan fingerprint density at radius 1 is 1.33 bits per heavy atom. The Hall–Kier alpha value is -1.43. The molecule has 5 nitrogen and oxygen atoms in total. The van der Waals surface area contributed by atoms with Crippen LogP contribution in [0.5, 0.6) is 0 Å². The van der Waals surface area contributed by atoms with Crippen molar-refractivity contribution in [2.45, 2.75) is 18.1 Å². The van der Waals surface area contributed by atoms with Crippen LogP contribution in [0.15, 0.2) is 16.3 Å². The summed E-state index contributed by atoms with van der Waals surface area (Å²) < 4.78 is 26.5. The minimum absolute atomic E-state index is 0.115. The van der Waals surface area contributed by atoms with E-state index in [1.807, 2.05) is 19.9 Å². The number of thiophene rings is 1. The number of anilines is 1. The van der Waals surface area contributed by atoms with Crippen molar-refractivity contribution in [2.75, 3.05) is 4.72 Å². The molecule has 2 rings (SSSR count). The third-order valence-electron chi connectivity index (χ3n) is 2.21. The zero-order chi connectivity index (χ0) is 13.3. The first-order valence-electron chi connectivity index (χ1n) is 4.89. The normalized spacial score (nSPS) is 11.2. The lowest BCUT2D eigenvalue weighted by atomic mass is 10.4. The van der Waals surface area contributed by atoms with Gasteiger partial charge in [-0.15, -0.1) is 22.7 Å². The number of aromatic nitrogens is 1. The molecule has 0 aliphatic heterocycles. The van der Waals surface area contributed by atoms with Crippen LogP contribution in [-0.4, -0.2) is 13.4 Å². The van der Waals surface area contributed by atoms with E-state index in [4.69, 9.17) is 5.26 Å². The van der Waals surface area contributed by atoms with E-state index in [0.717, 1.165) is 21.9 Å². The summed E-state index contributed by atoms with van der Waals surface area (Å²) in [5.41, 5.74) is 0.807. The Bertz CT molecular complexity index is 702. The van der Waals surface area contributed by atoms with Crippen LogP contribution < -0.4 is 4.72 Å². The second-order valence-corrected chi connectivity index (χ2v) is 7.69. The molecule has 0 saturated heterocycles. The van der Waals surface area contributed by atoms with Gasteiger partial charge < -0.3 is 0 Å². The molecule has 2 aromatic rings. The number of sulfonamides is 1. The second-order valence-electron chi connectivity index (χ2n) is 3.50. The minimum Gasteiger partial charge on any atom is -0.254 e. The van der Waals surface area contributed by atoms with Gasteiger partial charge in [0.25, 0.3) is 10.0 Å². The average Bonchev–Trinajstić information content (AvgIpc) is 2.86. The molecule has 2 heterocycles. The largest absolute Gasteiger partial charge is 0.273 e. The number of nitriles is 1. The Kier molecular flexibility index (Phi) is 3.38. The van der Waals surface area contributed by atoms with Crippen molar-refractivity contribution in [1.29, 1.82) is 5.26 Å². The van der Waals surface area contributed by atoms with Crippen molar-refractivity contribution in [3.63, 3.8) is 0 Å². The second kappa shape index (κ2) is 4.68. The fraction of sp³-hybridized carbons (Fsp3) is 0.200. The molecule has 0 radical (unpaired) electrons. The molecule has 0 saturated carbocycles. The highest BCUT2D eigenvalue weighted by Gasteiger charge is 2.19. The first-order valence-corrected chi connectivity index (χ1v) is 8.01. The molecule has 18 heavy (non-hydrogen) atoms. The summed E-state index contributed by atoms with van der Waals surface area (Å²) in [4.78, 5) is 5.45. The number of rotatable bonds is 3. The van der Waals surface area contributed by atoms with Gasteiger partial charge in [0, 0.05) is 4.88 Å². The predicted molar refractivity (Wildman–Crippen MR) is 71.4 cm³/mol. The maximum absolute atomic E-state index is 12.0. The number of nitrogens with zero attached hydrogens (tertiary/aromatic N) is 2. The number of hydrogen-bond donors (Lipinski definition) is 1. The van der Waals surface area contributed by atoms with Gasteiger partial charge >= 0.3 is 0 Å². The van der Waals surface area contributed by atoms with Crippen molar-refractivity contribution in [2.24, 2.45) is 0 Å². The van der Waals surface area contributed by atoms with Gasteiger partial charge in [0.15, 0.2) is 5.13 Å². The van der Waals surface area contributed by atoms with E-state index in [2.05, 4.69) is 9.71 Å². The smallest absolute Gasteiger partial charge is 0.254 e. The highest BCUT2D eigenvalue weighted by atomic mass is 32.2. The first-order chi connectivity index (χ1) is 8.42. The average molecular weight is 299 g/mol. The topological polar surface area (TPSA) is 82.8 Å². The van der Waals surface area contributed by atoms with Crippen LogP contribution in [0.2, 0.25) is 0 Å². The maximum Gasteiger partial charge on any atom is 0.273 e. The van der Waals surface area contributed by atoms with E-state index in [1.165, 1.54) is 23.5 Å². The van der Waals surface area contributed by atoms with E-state index in [-0.39, 0.29) is 4.21 Å². The Labute approximate surface area is 113 Å². The SMILES string of the molecule is Cc1nc(NS(=O)(=O)c2ccc(C#N)s2)sc1C. The van der Waals surface area contributed by atoms with Gasteiger partial charge in [-0.2, -0.15) is 5.26 Å². The van der Waals surface area contributed by atoms with E-state index in [1.54, 1.807) is 0 Å². The molecular weight excluding hydrogens is 290 g/mol. The van der Waals surface area contributed by atoms with Gasteiger partial charge in [-0.3, -0.25) is 4.72 Å². The Morgan fingerprint density at radius 2 is 2.06 bits per heavy atom. The van der Waals surface area contributed by atoms with Crippen molar-refractivity contribution in [3.05, 3.63) is 27.6 Å². The molecule has 2 aromatic heterocycles. The van der Waals surface area contributed by atoms with E-state index in [0.29, 0.717) is 10.0 Å². The van der Waals surface area contributed by atoms with E-state index in [9.17, 15) is 8.42 Å². The molecule has 0 atom stereocenters. The van der Waals surface area contributed by atoms with Gasteiger partial charge in [-0.25, -0.2) is 13.4 Å². The van der Waals surface area contributed by atoms with Crippen LogP contribution in [0, 0.1) is 25.2 Å². The Morgan fingerprint density at radius 3 is 2.56 bits per heavy atom. The molecule has 0 aliphatic carbocycles. The predicted octanol–water partition coefficient (Wildman–Crippen LogP) is 2.49. The van der Waals surface area contributed by atoms with Crippen LogP contribution in [0.4, 0.5) is 5.13 Å². The molecule has 8 heteroatoms. The zero-order valence-electron chi connectivity index (χ0n) is 9.59. The lowest BCUT2D eigenvalue weighted by Crippen LogP contribution is -2.11. The number of aryl methyl sites for hydroxylation is 2. The van der Waals surface area contributed by atoms with Crippen LogP contribution in [0.3, 0.4) is 0 Å². The van der Waals surface area contributed by atoms with Crippen molar-refractivity contribution >= 4 is 37.8 Å². The van der Waals surface area contributed by atoms with Crippen molar-refractivity contribution in [1.82, 2.24) is 4.98 Å². The molecule has 0 bridgehead atoms. The quantitative estimate of drug-likeness (QED) is 0.944. The summed E-state index contributed by atoms with van der Waals surface area (Å²) in [6.45, 7) is 3.70. The number of thiazole rings is 1. The van der Waals surface area contributed by atoms with Crippen LogP contribution in [0.25, 0.3) is 0 Å². The minimum atomic E-state index is -3.64. The van der Waals surface area contributed by atoms with E-state index >= 15 is 0 Å². The number of hydrogen-bond acceptors (Lipinski definition) is 6. The number of nitrogens with one attached hydrogen (secondary N) is 1. The molecule has 0 unspecified atom stereocenters. The molecule has 0 aliphatic rings. The molecule has 1 N–H and O–H groups in total. The zero-order valence-corrected chi connectivity index (χ0v) is 12.0. The molecule has 0 aromatic carbocycles. The van der Waals surface area contributed by atoms with Crippen LogP contribution >= 0.6 is 22.7 Å². The molecule has 94 valence electrons. The first kappa shape index (κ1) is 13.0. The summed E-state index contributed by atoms with van der Waals surface area (Å²) in [6.07, 6.45) is 0. The lowest BCUT2D eigenvalue weighted by Gasteiger charge is -2.01. The molecule has 0 spiro atoms. The molecular formula is C10H9N3O2S3. The molecule has 0 amide bonds. The standard InChI is InChI=1S/C10H9N3O2S3/c1-6-7(2)16-10(12-6)13-18(14,15)9-4-3-8(5-11)17-9/h3-4H,1-2H3,(H,12,13). The van der Waals surface area contributed by atoms with Crippen molar-refractivity contribution < 1.29 is 8.42 Å². The van der Waals surface area contributed by atoms with E-state index < -0.39 is 10.0 Å². The van der Waals surface area contributed by atoms with Gasteiger partial charge in [-0.1, -0.05) is 0 Å². The summed E-state index contributed by atoms with van der Waals surface area (Å²) in [7, 11) is -3.64. The summed E-state index contributed by atoms with van der Waals surface area (Å²) in [5.74, 6) is 0. The van der Waals surface area contributed by atoms with Gasteiger partial charge in [0.2, 0.25) is 0 Å². The fourth-order valence-corrected chi connectivity index (χ4v) is 4.36. The summed E-state index contributed by atoms with van der Waals surface area (Å²) in [5, 5.41) is 9.03. The van der Waals surface area contributed by atoms with Crippen LogP contribution in [0.1, 0.15) is 15.4 Å². The Balaban J connectivity index is 2.30. The summed E-state index contributed by atoms with van der Waals surface area (Å²) in [6, 6.07) is 4.81. The molecule has 0 fully saturated rings. The summed E-state index contributed by atoms with van der Waals surface area (Å²) >= 11 is 2.22. The highest BCUT2D eigenvalue weighted by molar-refractivity contribution is 7.94. The van der Waals surface area contributed by atoms with Crippen LogP contribution in [-0.2, 0) is 10.0 Å².